The molecule has 0 saturated heterocycles. The zero-order valence-corrected chi connectivity index (χ0v) is 27.8. The first-order valence-corrected chi connectivity index (χ1v) is 17.5. The maximum atomic E-state index is 12.6. The third-order valence-electron chi connectivity index (χ3n) is 11.6. The molecule has 11 heteroatoms. The Morgan fingerprint density at radius 2 is 1.29 bits per heavy atom. The number of amides is 2. The Bertz CT molecular complexity index is 2240. The molecule has 5 aromatic rings. The lowest BCUT2D eigenvalue weighted by Gasteiger charge is -2.23. The Balaban J connectivity index is 0.000000130. The van der Waals surface area contributed by atoms with Gasteiger partial charge in [0.1, 0.15) is 5.15 Å². The third-order valence-corrected chi connectivity index (χ3v) is 11.8. The van der Waals surface area contributed by atoms with Crippen LogP contribution in [0.3, 0.4) is 0 Å². The molecule has 0 aromatic carbocycles. The zero-order valence-electron chi connectivity index (χ0n) is 27.1. The molecule has 7 heterocycles. The fraction of sp³-hybridized carbons (Fsp3) is 0.342. The number of nitrogens with one attached hydrogen (secondary N) is 4. The summed E-state index contributed by atoms with van der Waals surface area (Å²) in [6.07, 6.45) is 13.8. The zero-order chi connectivity index (χ0) is 33.1. The van der Waals surface area contributed by atoms with Gasteiger partial charge in [-0.1, -0.05) is 11.6 Å². The second kappa shape index (κ2) is 10.3. The minimum Gasteiger partial charge on any atom is -0.481 e. The highest BCUT2D eigenvalue weighted by atomic mass is 35.5. The normalized spacial score (nSPS) is 19.1. The quantitative estimate of drug-likeness (QED) is 0.180. The maximum Gasteiger partial charge on any atom is 0.253 e. The predicted octanol–water partition coefficient (Wildman–Crippen LogP) is 5.62. The molecule has 246 valence electrons. The average Bonchev–Trinajstić information content (AvgIpc) is 4.01. The molecule has 2 amide bonds. The number of carbonyl (C=O) groups excluding carboxylic acids is 2. The number of aryl methyl sites for hydroxylation is 2. The summed E-state index contributed by atoms with van der Waals surface area (Å²) in [6.45, 7) is 1.52. The SMILES string of the molecule is COc1ccc(-c2cc3c(cn2)CCc2c-3[nH]c3c2C(=O)NCC32CC2)cn1.O=C1NCC2(CC2)c2[nH]c3c(c21)CCc1cnc(Cl)cc1-3. The van der Waals surface area contributed by atoms with Crippen LogP contribution in [0.5, 0.6) is 5.88 Å². The largest absolute Gasteiger partial charge is 0.481 e. The lowest BCUT2D eigenvalue weighted by atomic mass is 9.86. The van der Waals surface area contributed by atoms with E-state index in [-0.39, 0.29) is 22.6 Å². The number of rotatable bonds is 2. The first kappa shape index (κ1) is 29.0. The molecule has 0 atom stereocenters. The van der Waals surface area contributed by atoms with E-state index < -0.39 is 0 Å². The van der Waals surface area contributed by atoms with Gasteiger partial charge in [0.2, 0.25) is 5.88 Å². The molecule has 10 nitrogen and oxygen atoms in total. The summed E-state index contributed by atoms with van der Waals surface area (Å²) in [5.41, 5.74) is 15.4. The van der Waals surface area contributed by atoms with E-state index in [0.29, 0.717) is 11.0 Å². The van der Waals surface area contributed by atoms with Gasteiger partial charge < -0.3 is 25.3 Å². The fourth-order valence-corrected chi connectivity index (χ4v) is 8.64. The molecule has 49 heavy (non-hydrogen) atoms. The molecule has 0 unspecified atom stereocenters. The van der Waals surface area contributed by atoms with Crippen molar-refractivity contribution in [2.75, 3.05) is 20.2 Å². The van der Waals surface area contributed by atoms with E-state index in [1.807, 2.05) is 30.6 Å². The smallest absolute Gasteiger partial charge is 0.253 e. The Kier molecular flexibility index (Phi) is 6.08. The molecule has 0 radical (unpaired) electrons. The summed E-state index contributed by atoms with van der Waals surface area (Å²) in [5.74, 6) is 0.729. The van der Waals surface area contributed by atoms with Gasteiger partial charge in [0.15, 0.2) is 0 Å². The number of aromatic nitrogens is 5. The van der Waals surface area contributed by atoms with Gasteiger partial charge in [-0.25, -0.2) is 9.97 Å². The maximum absolute atomic E-state index is 12.6. The van der Waals surface area contributed by atoms with Gasteiger partial charge in [0, 0.05) is 76.7 Å². The van der Waals surface area contributed by atoms with Crippen LogP contribution in [0.15, 0.2) is 42.9 Å². The van der Waals surface area contributed by atoms with E-state index in [1.165, 1.54) is 11.1 Å². The number of halogens is 1. The Hall–Kier alpha value is -4.96. The molecular formula is C38H34ClN7O3. The highest BCUT2D eigenvalue weighted by Crippen LogP contribution is 2.54. The summed E-state index contributed by atoms with van der Waals surface area (Å²) in [5, 5.41) is 6.67. The minimum atomic E-state index is 0.0714. The van der Waals surface area contributed by atoms with Crippen LogP contribution in [0.1, 0.15) is 80.0 Å². The van der Waals surface area contributed by atoms with Crippen molar-refractivity contribution in [1.29, 1.82) is 0 Å². The van der Waals surface area contributed by atoms with Crippen LogP contribution in [-0.4, -0.2) is 56.9 Å². The number of ether oxygens (including phenoxy) is 1. The van der Waals surface area contributed by atoms with E-state index >= 15 is 0 Å². The van der Waals surface area contributed by atoms with E-state index in [1.54, 1.807) is 13.3 Å². The van der Waals surface area contributed by atoms with Crippen molar-refractivity contribution in [3.63, 3.8) is 0 Å². The number of hydrogen-bond acceptors (Lipinski definition) is 6. The molecule has 0 bridgehead atoms. The van der Waals surface area contributed by atoms with E-state index in [9.17, 15) is 9.59 Å². The van der Waals surface area contributed by atoms with Crippen molar-refractivity contribution in [2.45, 2.75) is 62.2 Å². The number of aromatic amines is 2. The van der Waals surface area contributed by atoms with Gasteiger partial charge in [-0.3, -0.25) is 14.6 Å². The number of hydrogen-bond donors (Lipinski definition) is 4. The highest BCUT2D eigenvalue weighted by Gasteiger charge is 2.53. The van der Waals surface area contributed by atoms with Crippen LogP contribution in [-0.2, 0) is 36.5 Å². The van der Waals surface area contributed by atoms with Crippen molar-refractivity contribution >= 4 is 23.4 Å². The van der Waals surface area contributed by atoms with Gasteiger partial charge >= 0.3 is 0 Å². The first-order chi connectivity index (χ1) is 23.9. The molecule has 4 aliphatic carbocycles. The van der Waals surface area contributed by atoms with Crippen LogP contribution < -0.4 is 15.4 Å². The number of methoxy groups -OCH3 is 1. The summed E-state index contributed by atoms with van der Waals surface area (Å²) in [6, 6.07) is 7.84. The second-order valence-electron chi connectivity index (χ2n) is 14.4. The summed E-state index contributed by atoms with van der Waals surface area (Å²) >= 11 is 6.06. The highest BCUT2D eigenvalue weighted by molar-refractivity contribution is 6.29. The molecule has 5 aromatic heterocycles. The van der Waals surface area contributed by atoms with Crippen molar-refractivity contribution < 1.29 is 14.3 Å². The summed E-state index contributed by atoms with van der Waals surface area (Å²) in [4.78, 5) is 45.3. The van der Waals surface area contributed by atoms with Crippen LogP contribution in [0.4, 0.5) is 0 Å². The topological polar surface area (TPSA) is 138 Å². The lowest BCUT2D eigenvalue weighted by molar-refractivity contribution is 0.0928. The fourth-order valence-electron chi connectivity index (χ4n) is 8.48. The van der Waals surface area contributed by atoms with E-state index in [4.69, 9.17) is 16.3 Å². The van der Waals surface area contributed by atoms with Gasteiger partial charge in [0.25, 0.3) is 11.8 Å². The number of fused-ring (bicyclic) bond motifs is 12. The van der Waals surface area contributed by atoms with Crippen LogP contribution >= 0.6 is 11.6 Å². The van der Waals surface area contributed by atoms with Crippen molar-refractivity contribution in [2.24, 2.45) is 0 Å². The van der Waals surface area contributed by atoms with E-state index in [2.05, 4.69) is 41.6 Å². The average molecular weight is 672 g/mol. The molecule has 11 rings (SSSR count). The Labute approximate surface area is 287 Å². The standard InChI is InChI=1S/C22H20N4O2.C16H14ClN3O/c1-28-17-5-3-13(10-24-17)16-8-15-12(9-23-16)2-4-14-18-20(26-19(14)15)22(6-7-22)11-25-21(18)27;17-11-5-10-8(6-18-11)1-2-9-12-14(20-13(9)10)16(3-4-16)7-19-15(12)21/h3,5,8-10,26H,2,4,6-7,11H2,1H3,(H,25,27);5-6,20H,1-4,7H2,(H,19,21). The Morgan fingerprint density at radius 1 is 0.714 bits per heavy atom. The van der Waals surface area contributed by atoms with Gasteiger partial charge in [-0.2, -0.15) is 0 Å². The number of nitrogens with zero attached hydrogens (tertiary/aromatic N) is 3. The number of pyridine rings is 3. The molecule has 2 saturated carbocycles. The minimum absolute atomic E-state index is 0.0714. The first-order valence-electron chi connectivity index (χ1n) is 17.1. The summed E-state index contributed by atoms with van der Waals surface area (Å²) in [7, 11) is 1.61. The molecule has 4 N–H and O–H groups in total. The van der Waals surface area contributed by atoms with Gasteiger partial charge in [0.05, 0.1) is 35.3 Å². The molecule has 6 aliphatic rings. The Morgan fingerprint density at radius 3 is 1.82 bits per heavy atom. The van der Waals surface area contributed by atoms with Gasteiger partial charge in [-0.05, 0) is 91.8 Å². The van der Waals surface area contributed by atoms with Crippen molar-refractivity contribution in [3.05, 3.63) is 92.8 Å². The van der Waals surface area contributed by atoms with Crippen molar-refractivity contribution in [1.82, 2.24) is 35.6 Å². The van der Waals surface area contributed by atoms with Crippen molar-refractivity contribution in [3.8, 4) is 39.7 Å². The number of carbonyl (C=O) groups is 2. The second-order valence-corrected chi connectivity index (χ2v) is 14.8. The van der Waals surface area contributed by atoms with E-state index in [0.717, 1.165) is 132 Å². The predicted molar refractivity (Wildman–Crippen MR) is 184 cm³/mol. The monoisotopic (exact) mass is 671 g/mol. The molecule has 2 fully saturated rings. The number of H-pyrrole nitrogens is 2. The molecule has 2 spiro atoms. The molecular weight excluding hydrogens is 638 g/mol. The summed E-state index contributed by atoms with van der Waals surface area (Å²) < 4.78 is 5.15. The molecule has 2 aliphatic heterocycles. The third kappa shape index (κ3) is 4.35. The lowest BCUT2D eigenvalue weighted by Crippen LogP contribution is -2.39. The van der Waals surface area contributed by atoms with Crippen LogP contribution in [0.25, 0.3) is 33.8 Å². The van der Waals surface area contributed by atoms with Crippen LogP contribution in [0.2, 0.25) is 5.15 Å². The van der Waals surface area contributed by atoms with Crippen LogP contribution in [0, 0.1) is 0 Å². The van der Waals surface area contributed by atoms with Gasteiger partial charge in [-0.15, -0.1) is 0 Å².